The summed E-state index contributed by atoms with van der Waals surface area (Å²) in [5.74, 6) is 1.57. The van der Waals surface area contributed by atoms with Gasteiger partial charge in [-0.05, 0) is 48.4 Å². The molecule has 0 amide bonds. The highest BCUT2D eigenvalue weighted by atomic mass is 35.5. The lowest BCUT2D eigenvalue weighted by atomic mass is 10.2. The van der Waals surface area contributed by atoms with Crippen LogP contribution >= 0.6 is 11.6 Å². The van der Waals surface area contributed by atoms with Gasteiger partial charge in [0, 0.05) is 6.04 Å². The predicted molar refractivity (Wildman–Crippen MR) is 81.3 cm³/mol. The van der Waals surface area contributed by atoms with Crippen LogP contribution in [0.5, 0.6) is 0 Å². The summed E-state index contributed by atoms with van der Waals surface area (Å²) in [5.41, 5.74) is -0.990. The van der Waals surface area contributed by atoms with Crippen LogP contribution in [-0.4, -0.2) is 26.0 Å². The Morgan fingerprint density at radius 1 is 1.04 bits per heavy atom. The molecule has 9 heteroatoms. The summed E-state index contributed by atoms with van der Waals surface area (Å²) in [5, 5.41) is 3.14. The molecule has 2 fully saturated rings. The first-order valence-corrected chi connectivity index (χ1v) is 8.02. The first-order valence-electron chi connectivity index (χ1n) is 7.64. The van der Waals surface area contributed by atoms with Crippen molar-refractivity contribution in [1.29, 1.82) is 0 Å². The van der Waals surface area contributed by atoms with Gasteiger partial charge in [-0.3, -0.25) is 0 Å². The van der Waals surface area contributed by atoms with E-state index >= 15 is 0 Å². The Morgan fingerprint density at radius 3 is 2.50 bits per heavy atom. The maximum atomic E-state index is 12.8. The molecular weight excluding hydrogens is 343 g/mol. The molecule has 0 unspecified atom stereocenters. The van der Waals surface area contributed by atoms with E-state index in [1.807, 2.05) is 0 Å². The molecular formula is C15H13ClF3N5. The molecule has 0 aromatic carbocycles. The molecule has 0 aliphatic heterocycles. The van der Waals surface area contributed by atoms with E-state index in [9.17, 15) is 13.2 Å². The largest absolute Gasteiger partial charge is 0.433 e. The number of hydrogen-bond acceptors (Lipinski definition) is 5. The van der Waals surface area contributed by atoms with Crippen molar-refractivity contribution in [1.82, 2.24) is 19.9 Å². The van der Waals surface area contributed by atoms with Crippen molar-refractivity contribution in [3.05, 3.63) is 29.2 Å². The van der Waals surface area contributed by atoms with Gasteiger partial charge in [0.2, 0.25) is 11.2 Å². The van der Waals surface area contributed by atoms with Crippen molar-refractivity contribution in [2.45, 2.75) is 31.5 Å². The Bertz CT molecular complexity index is 772. The number of pyridine rings is 1. The molecule has 3 atom stereocenters. The molecule has 2 saturated carbocycles. The average Bonchev–Trinajstić information content (AvgIpc) is 2.95. The van der Waals surface area contributed by atoms with E-state index < -0.39 is 11.9 Å². The first-order chi connectivity index (χ1) is 11.4. The standard InChI is InChI=1S/C15H13ClF3N5/c16-13-22-12(9-5-2-6-10(20-9)15(17,18)19)23-14(24-13)21-11-7-3-1-4-8(7)11/h2,5-8,11H,1,3-4H2,(H,21,22,23,24)/t7-,8+,11+. The van der Waals surface area contributed by atoms with Crippen molar-refractivity contribution in [2.24, 2.45) is 11.8 Å². The van der Waals surface area contributed by atoms with Crippen LogP contribution in [0.4, 0.5) is 19.1 Å². The van der Waals surface area contributed by atoms with Crippen LogP contribution < -0.4 is 5.32 Å². The second-order valence-corrected chi connectivity index (χ2v) is 6.42. The van der Waals surface area contributed by atoms with Gasteiger partial charge in [0.25, 0.3) is 0 Å². The van der Waals surface area contributed by atoms with Crippen molar-refractivity contribution < 1.29 is 13.2 Å². The van der Waals surface area contributed by atoms with Crippen molar-refractivity contribution in [3.63, 3.8) is 0 Å². The third kappa shape index (κ3) is 2.90. The lowest BCUT2D eigenvalue weighted by Crippen LogP contribution is -2.13. The summed E-state index contributed by atoms with van der Waals surface area (Å²) in [6.45, 7) is 0. The molecule has 126 valence electrons. The summed E-state index contributed by atoms with van der Waals surface area (Å²) < 4.78 is 38.4. The fourth-order valence-corrected chi connectivity index (χ4v) is 3.59. The summed E-state index contributed by atoms with van der Waals surface area (Å²) in [4.78, 5) is 15.7. The number of halogens is 4. The molecule has 4 rings (SSSR count). The van der Waals surface area contributed by atoms with Gasteiger partial charge in [0.1, 0.15) is 11.4 Å². The van der Waals surface area contributed by atoms with Gasteiger partial charge in [0.05, 0.1) is 0 Å². The molecule has 2 aromatic rings. The molecule has 2 heterocycles. The summed E-state index contributed by atoms with van der Waals surface area (Å²) >= 11 is 5.90. The van der Waals surface area contributed by atoms with Gasteiger partial charge >= 0.3 is 6.18 Å². The van der Waals surface area contributed by atoms with Gasteiger partial charge in [-0.2, -0.15) is 28.1 Å². The second kappa shape index (κ2) is 5.54. The summed E-state index contributed by atoms with van der Waals surface area (Å²) in [7, 11) is 0. The Kier molecular flexibility index (Phi) is 3.59. The Labute approximate surface area is 140 Å². The predicted octanol–water partition coefficient (Wildman–Crippen LogP) is 3.82. The summed E-state index contributed by atoms with van der Waals surface area (Å²) in [6.07, 6.45) is -0.920. The van der Waals surface area contributed by atoms with Gasteiger partial charge < -0.3 is 5.32 Å². The number of hydrogen-bond donors (Lipinski definition) is 1. The van der Waals surface area contributed by atoms with Crippen molar-refractivity contribution >= 4 is 17.5 Å². The molecule has 24 heavy (non-hydrogen) atoms. The van der Waals surface area contributed by atoms with E-state index in [1.54, 1.807) is 0 Å². The highest BCUT2D eigenvalue weighted by Crippen LogP contribution is 2.53. The molecule has 2 aliphatic carbocycles. The highest BCUT2D eigenvalue weighted by Gasteiger charge is 2.52. The lowest BCUT2D eigenvalue weighted by Gasteiger charge is -2.09. The minimum Gasteiger partial charge on any atom is -0.351 e. The Hall–Kier alpha value is -1.96. The van der Waals surface area contributed by atoms with Crippen molar-refractivity contribution in [3.8, 4) is 11.5 Å². The zero-order chi connectivity index (χ0) is 16.9. The maximum Gasteiger partial charge on any atom is 0.433 e. The highest BCUT2D eigenvalue weighted by molar-refractivity contribution is 6.28. The van der Waals surface area contributed by atoms with Crippen LogP contribution in [0.25, 0.3) is 11.5 Å². The van der Waals surface area contributed by atoms with E-state index in [1.165, 1.54) is 31.4 Å². The quantitative estimate of drug-likeness (QED) is 0.906. The van der Waals surface area contributed by atoms with E-state index in [-0.39, 0.29) is 22.8 Å². The SMILES string of the molecule is FC(F)(F)c1cccc(-c2nc(Cl)nc(N[C@H]3[C@@H]4CCC[C@@H]43)n2)n1. The second-order valence-electron chi connectivity index (χ2n) is 6.09. The van der Waals surface area contributed by atoms with Gasteiger partial charge in [-0.25, -0.2) is 4.98 Å². The van der Waals surface area contributed by atoms with Crippen LogP contribution in [0, 0.1) is 11.8 Å². The number of fused-ring (bicyclic) bond motifs is 1. The van der Waals surface area contributed by atoms with E-state index in [0.29, 0.717) is 17.9 Å². The van der Waals surface area contributed by atoms with E-state index in [4.69, 9.17) is 11.6 Å². The third-order valence-electron chi connectivity index (χ3n) is 4.58. The molecule has 0 bridgehead atoms. The Balaban J connectivity index is 1.61. The fourth-order valence-electron chi connectivity index (χ4n) is 3.43. The molecule has 1 N–H and O–H groups in total. The van der Waals surface area contributed by atoms with Gasteiger partial charge in [-0.1, -0.05) is 12.5 Å². The number of nitrogens with one attached hydrogen (secondary N) is 1. The smallest absolute Gasteiger partial charge is 0.351 e. The minimum absolute atomic E-state index is 0.00756. The van der Waals surface area contributed by atoms with Crippen LogP contribution in [0.1, 0.15) is 25.0 Å². The number of aromatic nitrogens is 4. The summed E-state index contributed by atoms with van der Waals surface area (Å²) in [6, 6.07) is 3.90. The molecule has 0 radical (unpaired) electrons. The minimum atomic E-state index is -4.53. The maximum absolute atomic E-state index is 12.8. The van der Waals surface area contributed by atoms with Gasteiger partial charge in [-0.15, -0.1) is 0 Å². The topological polar surface area (TPSA) is 63.6 Å². The van der Waals surface area contributed by atoms with E-state index in [0.717, 1.165) is 6.07 Å². The molecule has 5 nitrogen and oxygen atoms in total. The molecule has 2 aliphatic rings. The van der Waals surface area contributed by atoms with Crippen LogP contribution in [-0.2, 0) is 6.18 Å². The first kappa shape index (κ1) is 15.6. The lowest BCUT2D eigenvalue weighted by molar-refractivity contribution is -0.141. The zero-order valence-corrected chi connectivity index (χ0v) is 13.1. The third-order valence-corrected chi connectivity index (χ3v) is 4.75. The van der Waals surface area contributed by atoms with Gasteiger partial charge in [0.15, 0.2) is 5.82 Å². The Morgan fingerprint density at radius 2 is 1.79 bits per heavy atom. The molecule has 0 spiro atoms. The number of alkyl halides is 3. The average molecular weight is 356 g/mol. The number of nitrogens with zero attached hydrogens (tertiary/aromatic N) is 4. The monoisotopic (exact) mass is 355 g/mol. The normalized spacial score (nSPS) is 25.4. The van der Waals surface area contributed by atoms with Crippen LogP contribution in [0.2, 0.25) is 5.28 Å². The van der Waals surface area contributed by atoms with E-state index in [2.05, 4.69) is 25.3 Å². The van der Waals surface area contributed by atoms with Crippen molar-refractivity contribution in [2.75, 3.05) is 5.32 Å². The zero-order valence-electron chi connectivity index (χ0n) is 12.4. The number of anilines is 1. The molecule has 2 aromatic heterocycles. The van der Waals surface area contributed by atoms with Crippen LogP contribution in [0.15, 0.2) is 18.2 Å². The molecule has 0 saturated heterocycles. The number of rotatable bonds is 3. The fraction of sp³-hybridized carbons (Fsp3) is 0.467. The van der Waals surface area contributed by atoms with Crippen LogP contribution in [0.3, 0.4) is 0 Å².